The molecule has 4 aliphatic heterocycles. The zero-order valence-electron chi connectivity index (χ0n) is 27.0. The van der Waals surface area contributed by atoms with Gasteiger partial charge in [0.15, 0.2) is 12.4 Å². The maximum atomic E-state index is 13.3. The third-order valence-corrected chi connectivity index (χ3v) is 11.8. The summed E-state index contributed by atoms with van der Waals surface area (Å²) in [5, 5.41) is 0.608. The van der Waals surface area contributed by atoms with Crippen molar-refractivity contribution in [2.24, 2.45) is 5.41 Å². The van der Waals surface area contributed by atoms with Crippen LogP contribution >= 0.6 is 38.5 Å². The Hall–Kier alpha value is -1.85. The maximum absolute atomic E-state index is 13.3. The predicted molar refractivity (Wildman–Crippen MR) is 182 cm³/mol. The quantitative estimate of drug-likeness (QED) is 0.292. The molecular weight excluding hydrogens is 798 g/mol. The standard InChI is InChI=1S/C32H42BrF3IN5O5/c1-30(2,3)47-29(43)42-17-31(18-42)8-12-41(13-9-31)27-22-16-23(37)24(33)26(45-19-32(34,35)36)25(22)38-28(39-27)46-21-4-10-40(11-5-21)20-6-14-44-15-7-20/h16,20-21H,4-15,17-19H2,1-3H3. The Bertz CT molecular complexity index is 1450. The molecule has 6 rings (SSSR count). The second kappa shape index (κ2) is 13.8. The number of hydrogen-bond donors (Lipinski definition) is 0. The summed E-state index contributed by atoms with van der Waals surface area (Å²) in [6, 6.07) is 2.54. The van der Waals surface area contributed by atoms with Crippen molar-refractivity contribution >= 4 is 61.3 Å². The van der Waals surface area contributed by atoms with Gasteiger partial charge in [-0.2, -0.15) is 23.1 Å². The van der Waals surface area contributed by atoms with E-state index < -0.39 is 18.4 Å². The van der Waals surface area contributed by atoms with Crippen LogP contribution in [0.2, 0.25) is 0 Å². The Morgan fingerprint density at radius 3 is 2.34 bits per heavy atom. The Balaban J connectivity index is 1.22. The van der Waals surface area contributed by atoms with Gasteiger partial charge < -0.3 is 28.7 Å². The first kappa shape index (κ1) is 35.0. The SMILES string of the molecule is CC(C)(C)OC(=O)N1CC2(CCN(c3nc(OC4CCN(C5CCOCC5)CC4)nc4c(OCC(F)(F)F)c(Br)c(I)cc34)CC2)C1. The minimum atomic E-state index is -4.52. The van der Waals surface area contributed by atoms with Crippen LogP contribution in [-0.4, -0.2) is 109 Å². The molecule has 260 valence electrons. The highest BCUT2D eigenvalue weighted by Crippen LogP contribution is 2.45. The van der Waals surface area contributed by atoms with Gasteiger partial charge in [0.2, 0.25) is 0 Å². The molecule has 15 heteroatoms. The number of anilines is 1. The monoisotopic (exact) mass is 839 g/mol. The number of amides is 1. The summed E-state index contributed by atoms with van der Waals surface area (Å²) in [6.07, 6.45) is 0.442. The second-order valence-electron chi connectivity index (χ2n) is 14.2. The summed E-state index contributed by atoms with van der Waals surface area (Å²) < 4.78 is 63.9. The molecular formula is C32H42BrF3IN5O5. The van der Waals surface area contributed by atoms with Crippen molar-refractivity contribution in [2.45, 2.75) is 83.2 Å². The third kappa shape index (κ3) is 8.31. The first-order chi connectivity index (χ1) is 22.2. The molecule has 5 heterocycles. The van der Waals surface area contributed by atoms with E-state index in [9.17, 15) is 18.0 Å². The van der Waals surface area contributed by atoms with Gasteiger partial charge in [-0.1, -0.05) is 0 Å². The highest BCUT2D eigenvalue weighted by molar-refractivity contribution is 14.1. The Morgan fingerprint density at radius 1 is 1.06 bits per heavy atom. The van der Waals surface area contributed by atoms with Crippen LogP contribution in [0.3, 0.4) is 0 Å². The van der Waals surface area contributed by atoms with Gasteiger partial charge in [0, 0.05) is 72.9 Å². The maximum Gasteiger partial charge on any atom is 0.422 e. The highest BCUT2D eigenvalue weighted by atomic mass is 127. The number of nitrogens with zero attached hydrogens (tertiary/aromatic N) is 5. The van der Waals surface area contributed by atoms with Crippen LogP contribution in [-0.2, 0) is 9.47 Å². The molecule has 0 radical (unpaired) electrons. The summed E-state index contributed by atoms with van der Waals surface area (Å²) in [5.41, 5.74) is -0.262. The van der Waals surface area contributed by atoms with E-state index in [1.54, 1.807) is 4.90 Å². The van der Waals surface area contributed by atoms with E-state index in [0.717, 1.165) is 64.8 Å². The Kier molecular flexibility index (Phi) is 10.3. The minimum absolute atomic E-state index is 0.00638. The van der Waals surface area contributed by atoms with Crippen molar-refractivity contribution in [3.63, 3.8) is 0 Å². The lowest BCUT2D eigenvalue weighted by molar-refractivity contribution is -0.153. The molecule has 0 atom stereocenters. The van der Waals surface area contributed by atoms with Crippen molar-refractivity contribution < 1.29 is 36.9 Å². The largest absolute Gasteiger partial charge is 0.481 e. The minimum Gasteiger partial charge on any atom is -0.481 e. The number of ether oxygens (including phenoxy) is 4. The van der Waals surface area contributed by atoms with Gasteiger partial charge >= 0.3 is 18.3 Å². The summed E-state index contributed by atoms with van der Waals surface area (Å²) in [7, 11) is 0. The van der Waals surface area contributed by atoms with Crippen LogP contribution in [0.15, 0.2) is 10.5 Å². The van der Waals surface area contributed by atoms with Gasteiger partial charge in [-0.3, -0.25) is 4.90 Å². The smallest absolute Gasteiger partial charge is 0.422 e. The number of fused-ring (bicyclic) bond motifs is 1. The molecule has 0 saturated carbocycles. The molecule has 1 amide bonds. The Morgan fingerprint density at radius 2 is 1.72 bits per heavy atom. The molecule has 1 aromatic carbocycles. The van der Waals surface area contributed by atoms with E-state index in [1.807, 2.05) is 26.8 Å². The van der Waals surface area contributed by atoms with Crippen LogP contribution in [0, 0.1) is 8.99 Å². The lowest BCUT2D eigenvalue weighted by Gasteiger charge is -2.53. The number of piperidine rings is 2. The lowest BCUT2D eigenvalue weighted by Crippen LogP contribution is -2.62. The Labute approximate surface area is 295 Å². The van der Waals surface area contributed by atoms with E-state index in [1.165, 1.54) is 0 Å². The lowest BCUT2D eigenvalue weighted by atomic mass is 9.72. The van der Waals surface area contributed by atoms with Crippen LogP contribution in [0.4, 0.5) is 23.8 Å². The van der Waals surface area contributed by atoms with Crippen LogP contribution in [0.25, 0.3) is 10.9 Å². The van der Waals surface area contributed by atoms with Crippen molar-refractivity contribution in [3.8, 4) is 11.8 Å². The summed E-state index contributed by atoms with van der Waals surface area (Å²) in [5.74, 6) is 0.637. The first-order valence-corrected chi connectivity index (χ1v) is 18.2. The fourth-order valence-corrected chi connectivity index (χ4v) is 7.98. The van der Waals surface area contributed by atoms with Gasteiger partial charge in [-0.25, -0.2) is 4.79 Å². The topological polar surface area (TPSA) is 89.5 Å². The van der Waals surface area contributed by atoms with E-state index in [-0.39, 0.29) is 34.9 Å². The van der Waals surface area contributed by atoms with Crippen LogP contribution in [0.1, 0.15) is 59.3 Å². The molecule has 2 aromatic rings. The number of halogens is 5. The molecule has 4 saturated heterocycles. The van der Waals surface area contributed by atoms with Gasteiger partial charge in [-0.15, -0.1) is 0 Å². The van der Waals surface area contributed by atoms with E-state index in [0.29, 0.717) is 51.5 Å². The fraction of sp³-hybridized carbons (Fsp3) is 0.719. The summed E-state index contributed by atoms with van der Waals surface area (Å²) in [6.45, 7) is 10.1. The normalized spacial score (nSPS) is 21.6. The zero-order chi connectivity index (χ0) is 33.6. The summed E-state index contributed by atoms with van der Waals surface area (Å²) in [4.78, 5) is 28.6. The van der Waals surface area contributed by atoms with Gasteiger partial charge in [0.25, 0.3) is 0 Å². The molecule has 0 aliphatic carbocycles. The number of alkyl halides is 3. The third-order valence-electron chi connectivity index (χ3n) is 9.46. The van der Waals surface area contributed by atoms with Crippen LogP contribution in [0.5, 0.6) is 11.8 Å². The van der Waals surface area contributed by atoms with E-state index >= 15 is 0 Å². The number of aromatic nitrogens is 2. The van der Waals surface area contributed by atoms with E-state index in [2.05, 4.69) is 53.3 Å². The van der Waals surface area contributed by atoms with Crippen molar-refractivity contribution in [3.05, 3.63) is 14.1 Å². The molecule has 0 unspecified atom stereocenters. The van der Waals surface area contributed by atoms with Gasteiger partial charge in [-0.05, 0) is 104 Å². The fourth-order valence-electron chi connectivity index (χ4n) is 7.01. The molecule has 0 N–H and O–H groups in total. The van der Waals surface area contributed by atoms with Crippen LogP contribution < -0.4 is 14.4 Å². The molecule has 10 nitrogen and oxygen atoms in total. The first-order valence-electron chi connectivity index (χ1n) is 16.3. The summed E-state index contributed by atoms with van der Waals surface area (Å²) >= 11 is 5.53. The van der Waals surface area contributed by atoms with Crippen molar-refractivity contribution in [1.29, 1.82) is 0 Å². The van der Waals surface area contributed by atoms with E-state index in [4.69, 9.17) is 23.9 Å². The number of carbonyl (C=O) groups is 1. The number of likely N-dealkylation sites (tertiary alicyclic amines) is 2. The molecule has 0 bridgehead atoms. The molecule has 4 aliphatic rings. The molecule has 1 spiro atoms. The number of carbonyl (C=O) groups excluding carboxylic acids is 1. The van der Waals surface area contributed by atoms with Crippen molar-refractivity contribution in [1.82, 2.24) is 19.8 Å². The predicted octanol–water partition coefficient (Wildman–Crippen LogP) is 6.80. The van der Waals surface area contributed by atoms with Gasteiger partial charge in [0.1, 0.15) is 23.0 Å². The van der Waals surface area contributed by atoms with Crippen molar-refractivity contribution in [2.75, 3.05) is 64.0 Å². The average molecular weight is 841 g/mol. The number of rotatable bonds is 6. The molecule has 47 heavy (non-hydrogen) atoms. The second-order valence-corrected chi connectivity index (χ2v) is 16.1. The molecule has 1 aromatic heterocycles. The average Bonchev–Trinajstić information content (AvgIpc) is 3.00. The zero-order valence-corrected chi connectivity index (χ0v) is 30.7. The molecule has 4 fully saturated rings. The van der Waals surface area contributed by atoms with Gasteiger partial charge in [0.05, 0.1) is 4.47 Å². The number of benzene rings is 1. The number of hydrogen-bond acceptors (Lipinski definition) is 9. The highest BCUT2D eigenvalue weighted by Gasteiger charge is 2.48.